The van der Waals surface area contributed by atoms with Crippen molar-refractivity contribution in [2.24, 2.45) is 0 Å². The van der Waals surface area contributed by atoms with E-state index in [1.807, 2.05) is 36.4 Å². The summed E-state index contributed by atoms with van der Waals surface area (Å²) in [6.45, 7) is 2.10. The van der Waals surface area contributed by atoms with Crippen molar-refractivity contribution in [3.05, 3.63) is 149 Å². The lowest BCUT2D eigenvalue weighted by atomic mass is 10.1. The number of nitrogens with zero attached hydrogens (tertiary/aromatic N) is 1. The van der Waals surface area contributed by atoms with Gasteiger partial charge in [-0.05, 0) is 89.8 Å². The summed E-state index contributed by atoms with van der Waals surface area (Å²) in [5, 5.41) is 19.0. The van der Waals surface area contributed by atoms with E-state index in [0.29, 0.717) is 0 Å². The zero-order valence-corrected chi connectivity index (χ0v) is 21.2. The van der Waals surface area contributed by atoms with Gasteiger partial charge in [0, 0.05) is 17.1 Å². The Labute approximate surface area is 223 Å². The highest BCUT2D eigenvalue weighted by atomic mass is 16.3. The Hall–Kier alpha value is -5.02. The fourth-order valence-electron chi connectivity index (χ4n) is 4.17. The molecule has 0 amide bonds. The number of hydrogen-bond acceptors (Lipinski definition) is 3. The molecule has 3 nitrogen and oxygen atoms in total. The molecule has 0 fully saturated rings. The zero-order valence-electron chi connectivity index (χ0n) is 21.2. The molecule has 0 spiro atoms. The summed E-state index contributed by atoms with van der Waals surface area (Å²) in [6, 6.07) is 39.9. The topological polar surface area (TPSA) is 43.7 Å². The average molecular weight is 496 g/mol. The number of anilines is 3. The highest BCUT2D eigenvalue weighted by molar-refractivity contribution is 5.79. The van der Waals surface area contributed by atoms with Crippen LogP contribution in [0.25, 0.3) is 24.3 Å². The smallest absolute Gasteiger partial charge is 0.115 e. The second-order valence-corrected chi connectivity index (χ2v) is 9.20. The number of phenolic OH excluding ortho intramolecular Hbond substituents is 2. The molecule has 0 unspecified atom stereocenters. The van der Waals surface area contributed by atoms with Gasteiger partial charge in [-0.3, -0.25) is 0 Å². The van der Waals surface area contributed by atoms with Crippen LogP contribution in [0.5, 0.6) is 11.5 Å². The van der Waals surface area contributed by atoms with Gasteiger partial charge >= 0.3 is 0 Å². The van der Waals surface area contributed by atoms with Gasteiger partial charge in [-0.15, -0.1) is 0 Å². The normalized spacial score (nSPS) is 11.3. The molecule has 0 aliphatic heterocycles. The van der Waals surface area contributed by atoms with Gasteiger partial charge in [0.15, 0.2) is 0 Å². The van der Waals surface area contributed by atoms with Crippen molar-refractivity contribution in [1.82, 2.24) is 0 Å². The van der Waals surface area contributed by atoms with Crippen LogP contribution >= 0.6 is 0 Å². The van der Waals surface area contributed by atoms with Crippen LogP contribution in [0.2, 0.25) is 0 Å². The molecule has 0 saturated carbocycles. The molecular weight excluding hydrogens is 466 g/mol. The Morgan fingerprint density at radius 1 is 0.395 bits per heavy atom. The van der Waals surface area contributed by atoms with Crippen LogP contribution < -0.4 is 4.90 Å². The minimum atomic E-state index is 0.268. The third-order valence-electron chi connectivity index (χ3n) is 6.32. The molecule has 0 aliphatic rings. The molecule has 5 aromatic rings. The van der Waals surface area contributed by atoms with E-state index in [-0.39, 0.29) is 11.5 Å². The van der Waals surface area contributed by atoms with Crippen LogP contribution in [0, 0.1) is 6.92 Å². The molecule has 0 radical (unpaired) electrons. The molecule has 0 aliphatic carbocycles. The average Bonchev–Trinajstić information content (AvgIpc) is 2.95. The van der Waals surface area contributed by atoms with Crippen molar-refractivity contribution in [3.63, 3.8) is 0 Å². The van der Waals surface area contributed by atoms with Gasteiger partial charge in [-0.1, -0.05) is 90.5 Å². The molecule has 5 aromatic carbocycles. The van der Waals surface area contributed by atoms with Gasteiger partial charge < -0.3 is 15.1 Å². The number of rotatable bonds is 7. The molecular formula is C35H29NO2. The van der Waals surface area contributed by atoms with Crippen molar-refractivity contribution >= 4 is 41.4 Å². The van der Waals surface area contributed by atoms with Crippen LogP contribution in [0.15, 0.2) is 121 Å². The van der Waals surface area contributed by atoms with Gasteiger partial charge in [0.05, 0.1) is 0 Å². The Bertz CT molecular complexity index is 1430. The van der Waals surface area contributed by atoms with Crippen molar-refractivity contribution in [1.29, 1.82) is 0 Å². The number of benzene rings is 5. The van der Waals surface area contributed by atoms with Crippen LogP contribution in [-0.2, 0) is 0 Å². The van der Waals surface area contributed by atoms with E-state index < -0.39 is 0 Å². The van der Waals surface area contributed by atoms with E-state index in [1.54, 1.807) is 24.3 Å². The van der Waals surface area contributed by atoms with Crippen LogP contribution in [0.1, 0.15) is 27.8 Å². The zero-order chi connectivity index (χ0) is 26.3. The van der Waals surface area contributed by atoms with Gasteiger partial charge in [-0.25, -0.2) is 0 Å². The van der Waals surface area contributed by atoms with E-state index in [1.165, 1.54) is 5.56 Å². The highest BCUT2D eigenvalue weighted by Crippen LogP contribution is 2.35. The Morgan fingerprint density at radius 3 is 0.974 bits per heavy atom. The van der Waals surface area contributed by atoms with E-state index in [9.17, 15) is 10.2 Å². The van der Waals surface area contributed by atoms with Gasteiger partial charge in [0.25, 0.3) is 0 Å². The predicted octanol–water partition coefficient (Wildman–Crippen LogP) is 9.22. The lowest BCUT2D eigenvalue weighted by Crippen LogP contribution is -2.09. The largest absolute Gasteiger partial charge is 0.508 e. The number of hydrogen-bond donors (Lipinski definition) is 2. The predicted molar refractivity (Wildman–Crippen MR) is 160 cm³/mol. The standard InChI is InChI=1S/C35H29NO2/c1-26-2-16-31(17-3-26)36(32-18-8-27(9-19-32)4-6-29-12-22-34(37)23-13-29)33-20-10-28(11-21-33)5-7-30-14-24-35(38)25-15-30/h2-25,37-38H,1H3/b6-4+,7-5+. The van der Waals surface area contributed by atoms with E-state index in [2.05, 4.69) is 96.8 Å². The highest BCUT2D eigenvalue weighted by Gasteiger charge is 2.12. The van der Waals surface area contributed by atoms with E-state index in [0.717, 1.165) is 39.3 Å². The van der Waals surface area contributed by atoms with Gasteiger partial charge in [-0.2, -0.15) is 0 Å². The SMILES string of the molecule is Cc1ccc(N(c2ccc(/C=C/c3ccc(O)cc3)cc2)c2ccc(/C=C/c3ccc(O)cc3)cc2)cc1. The summed E-state index contributed by atoms with van der Waals surface area (Å²) in [5.41, 5.74) is 8.72. The van der Waals surface area contributed by atoms with E-state index >= 15 is 0 Å². The molecule has 2 N–H and O–H groups in total. The number of aromatic hydroxyl groups is 2. The first-order valence-electron chi connectivity index (χ1n) is 12.5. The fourth-order valence-corrected chi connectivity index (χ4v) is 4.17. The molecule has 38 heavy (non-hydrogen) atoms. The third-order valence-corrected chi connectivity index (χ3v) is 6.32. The molecule has 0 atom stereocenters. The number of aryl methyl sites for hydroxylation is 1. The Balaban J connectivity index is 1.40. The van der Waals surface area contributed by atoms with Crippen LogP contribution in [-0.4, -0.2) is 10.2 Å². The molecule has 0 heterocycles. The summed E-state index contributed by atoms with van der Waals surface area (Å²) in [6.07, 6.45) is 8.22. The van der Waals surface area contributed by atoms with Crippen LogP contribution in [0.4, 0.5) is 17.1 Å². The van der Waals surface area contributed by atoms with Crippen molar-refractivity contribution in [2.45, 2.75) is 6.92 Å². The molecule has 3 heteroatoms. The first kappa shape index (κ1) is 24.7. The second-order valence-electron chi connectivity index (χ2n) is 9.20. The summed E-state index contributed by atoms with van der Waals surface area (Å²) in [5.74, 6) is 0.535. The van der Waals surface area contributed by atoms with Crippen molar-refractivity contribution < 1.29 is 10.2 Å². The van der Waals surface area contributed by atoms with Crippen molar-refractivity contribution in [2.75, 3.05) is 4.90 Å². The summed E-state index contributed by atoms with van der Waals surface area (Å²) < 4.78 is 0. The maximum atomic E-state index is 9.49. The molecule has 5 rings (SSSR count). The minimum absolute atomic E-state index is 0.268. The third kappa shape index (κ3) is 6.21. The quantitative estimate of drug-likeness (QED) is 0.221. The summed E-state index contributed by atoms with van der Waals surface area (Å²) in [7, 11) is 0. The van der Waals surface area contributed by atoms with Crippen molar-refractivity contribution in [3.8, 4) is 11.5 Å². The summed E-state index contributed by atoms with van der Waals surface area (Å²) in [4.78, 5) is 2.25. The molecule has 0 aromatic heterocycles. The molecule has 186 valence electrons. The second kappa shape index (κ2) is 11.4. The van der Waals surface area contributed by atoms with Gasteiger partial charge in [0.1, 0.15) is 11.5 Å². The minimum Gasteiger partial charge on any atom is -0.508 e. The maximum Gasteiger partial charge on any atom is 0.115 e. The molecule has 0 bridgehead atoms. The lowest BCUT2D eigenvalue weighted by molar-refractivity contribution is 0.474. The Morgan fingerprint density at radius 2 is 0.658 bits per heavy atom. The molecule has 0 saturated heterocycles. The number of phenols is 2. The monoisotopic (exact) mass is 495 g/mol. The first-order chi connectivity index (χ1) is 18.5. The summed E-state index contributed by atoms with van der Waals surface area (Å²) >= 11 is 0. The van der Waals surface area contributed by atoms with Gasteiger partial charge in [0.2, 0.25) is 0 Å². The first-order valence-corrected chi connectivity index (χ1v) is 12.5. The fraction of sp³-hybridized carbons (Fsp3) is 0.0286. The lowest BCUT2D eigenvalue weighted by Gasteiger charge is -2.26. The maximum absolute atomic E-state index is 9.49. The van der Waals surface area contributed by atoms with E-state index in [4.69, 9.17) is 0 Å². The Kier molecular flexibility index (Phi) is 7.37. The van der Waals surface area contributed by atoms with Crippen LogP contribution in [0.3, 0.4) is 0 Å².